The van der Waals surface area contributed by atoms with Crippen molar-refractivity contribution in [2.24, 2.45) is 19.8 Å². The predicted octanol–water partition coefficient (Wildman–Crippen LogP) is 1.16. The topological polar surface area (TPSA) is 99.9 Å². The van der Waals surface area contributed by atoms with Gasteiger partial charge < -0.3 is 15.6 Å². The number of benzene rings is 1. The zero-order valence-electron chi connectivity index (χ0n) is 14.3. The number of anilines is 1. The normalized spacial score (nSPS) is 11.3. The molecule has 0 aliphatic rings. The van der Waals surface area contributed by atoms with Gasteiger partial charge >= 0.3 is 5.69 Å². The van der Waals surface area contributed by atoms with Gasteiger partial charge in [0.05, 0.1) is 16.6 Å². The zero-order valence-corrected chi connectivity index (χ0v) is 15.8. The second-order valence-corrected chi connectivity index (χ2v) is 6.68. The summed E-state index contributed by atoms with van der Waals surface area (Å²) >= 11 is 11.9. The van der Waals surface area contributed by atoms with Crippen molar-refractivity contribution in [3.8, 4) is 0 Å². The molecule has 8 nitrogen and oxygen atoms in total. The van der Waals surface area contributed by atoms with Crippen LogP contribution in [0.1, 0.15) is 5.56 Å². The number of nitrogens with two attached hydrogens (primary N) is 1. The molecule has 0 spiro atoms. The molecule has 0 fully saturated rings. The van der Waals surface area contributed by atoms with Crippen LogP contribution >= 0.6 is 23.2 Å². The first-order valence-electron chi connectivity index (χ1n) is 7.89. The van der Waals surface area contributed by atoms with Gasteiger partial charge in [-0.1, -0.05) is 29.3 Å². The maximum atomic E-state index is 12.9. The van der Waals surface area contributed by atoms with E-state index >= 15 is 0 Å². The van der Waals surface area contributed by atoms with E-state index in [0.717, 1.165) is 4.57 Å². The van der Waals surface area contributed by atoms with Crippen molar-refractivity contribution in [3.05, 3.63) is 54.6 Å². The Hall–Kier alpha value is -2.29. The van der Waals surface area contributed by atoms with E-state index < -0.39 is 11.2 Å². The number of hydrogen-bond acceptors (Lipinski definition) is 5. The third kappa shape index (κ3) is 3.11. The molecule has 2 aromatic heterocycles. The number of fused-ring (bicyclic) bond motifs is 1. The molecule has 0 atom stereocenters. The second kappa shape index (κ2) is 7.14. The molecule has 2 heterocycles. The quantitative estimate of drug-likeness (QED) is 0.673. The number of aromatic nitrogens is 4. The minimum Gasteiger partial charge on any atom is -0.354 e. The molecule has 3 N–H and O–H groups in total. The van der Waals surface area contributed by atoms with E-state index in [9.17, 15) is 9.59 Å². The second-order valence-electron chi connectivity index (χ2n) is 5.86. The first-order chi connectivity index (χ1) is 12.3. The van der Waals surface area contributed by atoms with Gasteiger partial charge in [0.1, 0.15) is 0 Å². The molecule has 0 aliphatic heterocycles. The highest BCUT2D eigenvalue weighted by atomic mass is 35.5. The lowest BCUT2D eigenvalue weighted by molar-refractivity contribution is 0.655. The van der Waals surface area contributed by atoms with Crippen molar-refractivity contribution in [2.45, 2.75) is 6.54 Å². The van der Waals surface area contributed by atoms with Crippen molar-refractivity contribution in [3.63, 3.8) is 0 Å². The Bertz CT molecular complexity index is 1100. The van der Waals surface area contributed by atoms with Gasteiger partial charge in [-0.3, -0.25) is 13.9 Å². The summed E-state index contributed by atoms with van der Waals surface area (Å²) in [6.45, 7) is 1.00. The lowest BCUT2D eigenvalue weighted by Crippen LogP contribution is -2.39. The van der Waals surface area contributed by atoms with E-state index in [1.807, 2.05) is 0 Å². The average molecular weight is 397 g/mol. The summed E-state index contributed by atoms with van der Waals surface area (Å²) in [4.78, 5) is 30.0. The van der Waals surface area contributed by atoms with Crippen LogP contribution in [0.3, 0.4) is 0 Å². The summed E-state index contributed by atoms with van der Waals surface area (Å²) in [6, 6.07) is 4.99. The third-order valence-electron chi connectivity index (χ3n) is 4.11. The fraction of sp³-hybridized carbons (Fsp3) is 0.312. The molecular formula is C16H18Cl2N6O2. The Kier molecular flexibility index (Phi) is 5.08. The molecule has 3 aromatic rings. The highest BCUT2D eigenvalue weighted by molar-refractivity contribution is 6.42. The van der Waals surface area contributed by atoms with Crippen LogP contribution in [0, 0.1) is 0 Å². The fourth-order valence-electron chi connectivity index (χ4n) is 2.75. The van der Waals surface area contributed by atoms with Gasteiger partial charge in [-0.2, -0.15) is 4.98 Å². The molecule has 0 aliphatic carbocycles. The minimum atomic E-state index is -0.461. The van der Waals surface area contributed by atoms with Gasteiger partial charge in [0, 0.05) is 27.2 Å². The molecule has 0 unspecified atom stereocenters. The maximum absolute atomic E-state index is 12.9. The largest absolute Gasteiger partial charge is 0.354 e. The monoisotopic (exact) mass is 396 g/mol. The van der Waals surface area contributed by atoms with Crippen molar-refractivity contribution in [1.82, 2.24) is 18.7 Å². The van der Waals surface area contributed by atoms with Crippen LogP contribution < -0.4 is 22.3 Å². The Balaban J connectivity index is 2.17. The molecule has 10 heteroatoms. The highest BCUT2D eigenvalue weighted by Crippen LogP contribution is 2.22. The summed E-state index contributed by atoms with van der Waals surface area (Å²) in [5, 5.41) is 3.82. The molecule has 1 aromatic carbocycles. The Morgan fingerprint density at radius 1 is 1.15 bits per heavy atom. The third-order valence-corrected chi connectivity index (χ3v) is 4.85. The Labute approximate surface area is 158 Å². The first kappa shape index (κ1) is 18.5. The summed E-state index contributed by atoms with van der Waals surface area (Å²) in [7, 11) is 3.29. The van der Waals surface area contributed by atoms with Crippen LogP contribution in [-0.4, -0.2) is 31.8 Å². The molecular weight excluding hydrogens is 379 g/mol. The van der Waals surface area contributed by atoms with Gasteiger partial charge in [0.2, 0.25) is 5.95 Å². The Morgan fingerprint density at radius 2 is 1.88 bits per heavy atom. The van der Waals surface area contributed by atoms with Gasteiger partial charge in [0.15, 0.2) is 11.2 Å². The van der Waals surface area contributed by atoms with E-state index in [1.54, 1.807) is 36.9 Å². The van der Waals surface area contributed by atoms with Crippen molar-refractivity contribution < 1.29 is 0 Å². The molecule has 0 saturated carbocycles. The van der Waals surface area contributed by atoms with Crippen molar-refractivity contribution in [2.75, 3.05) is 18.4 Å². The van der Waals surface area contributed by atoms with Crippen LogP contribution in [0.5, 0.6) is 0 Å². The van der Waals surface area contributed by atoms with E-state index in [0.29, 0.717) is 45.8 Å². The smallest absolute Gasteiger partial charge is 0.332 e. The highest BCUT2D eigenvalue weighted by Gasteiger charge is 2.18. The standard InChI is InChI=1S/C16H18Cl2N6O2/c1-22-12-13(21-15(22)20-6-5-19)23(2)16(26)24(14(12)25)8-9-3-4-10(17)11(18)7-9/h3-4,7H,5-6,8,19H2,1-2H3,(H,20,21). The SMILES string of the molecule is Cn1c(NCCN)nc2c1c(=O)n(Cc1ccc(Cl)c(Cl)c1)c(=O)n2C. The summed E-state index contributed by atoms with van der Waals surface area (Å²) in [6.07, 6.45) is 0. The molecule has 0 amide bonds. The van der Waals surface area contributed by atoms with E-state index in [1.165, 1.54) is 4.57 Å². The number of imidazole rings is 1. The van der Waals surface area contributed by atoms with E-state index in [4.69, 9.17) is 28.9 Å². The summed E-state index contributed by atoms with van der Waals surface area (Å²) in [5.41, 5.74) is 5.94. The number of aryl methyl sites for hydroxylation is 2. The van der Waals surface area contributed by atoms with Gasteiger partial charge in [-0.15, -0.1) is 0 Å². The number of rotatable bonds is 5. The van der Waals surface area contributed by atoms with Crippen LogP contribution in [-0.2, 0) is 20.6 Å². The van der Waals surface area contributed by atoms with E-state index in [-0.39, 0.29) is 6.54 Å². The minimum absolute atomic E-state index is 0.0784. The predicted molar refractivity (Wildman–Crippen MR) is 103 cm³/mol. The van der Waals surface area contributed by atoms with Crippen molar-refractivity contribution >= 4 is 40.3 Å². The molecule has 26 heavy (non-hydrogen) atoms. The number of hydrogen-bond donors (Lipinski definition) is 2. The van der Waals surface area contributed by atoms with Crippen LogP contribution in [0.25, 0.3) is 11.2 Å². The molecule has 0 saturated heterocycles. The summed E-state index contributed by atoms with van der Waals surface area (Å²) < 4.78 is 4.12. The average Bonchev–Trinajstić information content (AvgIpc) is 2.95. The maximum Gasteiger partial charge on any atom is 0.332 e. The first-order valence-corrected chi connectivity index (χ1v) is 8.65. The van der Waals surface area contributed by atoms with Gasteiger partial charge in [0.25, 0.3) is 5.56 Å². The number of nitrogens with one attached hydrogen (secondary N) is 1. The fourth-order valence-corrected chi connectivity index (χ4v) is 3.07. The number of halogens is 2. The molecule has 3 rings (SSSR count). The van der Waals surface area contributed by atoms with Gasteiger partial charge in [-0.05, 0) is 17.7 Å². The Morgan fingerprint density at radius 3 is 2.54 bits per heavy atom. The lowest BCUT2D eigenvalue weighted by Gasteiger charge is -2.09. The van der Waals surface area contributed by atoms with Crippen LogP contribution in [0.4, 0.5) is 5.95 Å². The van der Waals surface area contributed by atoms with E-state index in [2.05, 4.69) is 10.3 Å². The lowest BCUT2D eigenvalue weighted by atomic mass is 10.2. The molecule has 0 radical (unpaired) electrons. The molecule has 0 bridgehead atoms. The molecule has 138 valence electrons. The van der Waals surface area contributed by atoms with Crippen molar-refractivity contribution in [1.29, 1.82) is 0 Å². The zero-order chi connectivity index (χ0) is 19.0. The summed E-state index contributed by atoms with van der Waals surface area (Å²) in [5.74, 6) is 0.477. The van der Waals surface area contributed by atoms with Crippen LogP contribution in [0.15, 0.2) is 27.8 Å². The van der Waals surface area contributed by atoms with Gasteiger partial charge in [-0.25, -0.2) is 4.79 Å². The van der Waals surface area contributed by atoms with Crippen LogP contribution in [0.2, 0.25) is 10.0 Å². The number of nitrogens with zero attached hydrogens (tertiary/aromatic N) is 4.